The smallest absolute Gasteiger partial charge is 0.328 e. The second kappa shape index (κ2) is 7.83. The molecular weight excluding hydrogens is 380 g/mol. The standard InChI is InChI=1S/C24H20N2O4/c1-14-7-8-16(11-15(14)2)13-30-21-10-9-17-5-3-4-6-18(17)19(21)12-20-22(27)25-24(29)26-23(20)28/h3-12H,13H2,1-2H3,(H2,25,26,27,28,29). The minimum Gasteiger partial charge on any atom is -0.488 e. The summed E-state index contributed by atoms with van der Waals surface area (Å²) in [4.78, 5) is 35.8. The van der Waals surface area contributed by atoms with Crippen molar-refractivity contribution in [3.05, 3.63) is 82.4 Å². The fourth-order valence-electron chi connectivity index (χ4n) is 3.36. The molecule has 0 aromatic heterocycles. The number of nitrogens with one attached hydrogen (secondary N) is 2. The normalized spacial score (nSPS) is 13.8. The van der Waals surface area contributed by atoms with Crippen LogP contribution >= 0.6 is 0 Å². The van der Waals surface area contributed by atoms with Gasteiger partial charge in [0.2, 0.25) is 0 Å². The summed E-state index contributed by atoms with van der Waals surface area (Å²) in [6, 6.07) is 16.7. The first kappa shape index (κ1) is 19.4. The summed E-state index contributed by atoms with van der Waals surface area (Å²) in [6.07, 6.45) is 1.47. The van der Waals surface area contributed by atoms with Crippen LogP contribution in [-0.4, -0.2) is 17.8 Å². The van der Waals surface area contributed by atoms with Crippen molar-refractivity contribution >= 4 is 34.7 Å². The number of hydrogen-bond donors (Lipinski definition) is 2. The van der Waals surface area contributed by atoms with E-state index in [-0.39, 0.29) is 5.57 Å². The number of urea groups is 1. The SMILES string of the molecule is Cc1ccc(COc2ccc3ccccc3c2C=C2C(=O)NC(=O)NC2=O)cc1C. The largest absolute Gasteiger partial charge is 0.488 e. The van der Waals surface area contributed by atoms with Crippen LogP contribution in [0, 0.1) is 13.8 Å². The van der Waals surface area contributed by atoms with E-state index in [1.807, 2.05) is 55.5 Å². The van der Waals surface area contributed by atoms with Gasteiger partial charge in [0.05, 0.1) is 0 Å². The topological polar surface area (TPSA) is 84.5 Å². The Bertz CT molecular complexity index is 1210. The van der Waals surface area contributed by atoms with Crippen LogP contribution < -0.4 is 15.4 Å². The lowest BCUT2D eigenvalue weighted by Gasteiger charge is -2.16. The molecule has 1 fully saturated rings. The Morgan fingerprint density at radius 2 is 1.60 bits per heavy atom. The molecule has 150 valence electrons. The summed E-state index contributed by atoms with van der Waals surface area (Å²) in [5.74, 6) is -0.939. The summed E-state index contributed by atoms with van der Waals surface area (Å²) < 4.78 is 6.08. The summed E-state index contributed by atoms with van der Waals surface area (Å²) in [5, 5.41) is 5.97. The van der Waals surface area contributed by atoms with Crippen LogP contribution in [0.25, 0.3) is 16.8 Å². The molecule has 1 saturated heterocycles. The van der Waals surface area contributed by atoms with E-state index < -0.39 is 17.8 Å². The Morgan fingerprint density at radius 1 is 0.867 bits per heavy atom. The third-order valence-corrected chi connectivity index (χ3v) is 5.13. The molecule has 3 aromatic rings. The Labute approximate surface area is 173 Å². The van der Waals surface area contributed by atoms with Crippen LogP contribution in [0.2, 0.25) is 0 Å². The highest BCUT2D eigenvalue weighted by molar-refractivity contribution is 6.31. The predicted octanol–water partition coefficient (Wildman–Crippen LogP) is 3.79. The molecule has 1 aliphatic heterocycles. The Kier molecular flexibility index (Phi) is 5.06. The molecule has 0 aliphatic carbocycles. The third-order valence-electron chi connectivity index (χ3n) is 5.13. The number of fused-ring (bicyclic) bond motifs is 1. The molecule has 0 spiro atoms. The van der Waals surface area contributed by atoms with Crippen molar-refractivity contribution in [3.8, 4) is 5.75 Å². The van der Waals surface area contributed by atoms with Crippen molar-refractivity contribution in [3.63, 3.8) is 0 Å². The van der Waals surface area contributed by atoms with E-state index in [1.54, 1.807) is 0 Å². The molecule has 4 rings (SSSR count). The summed E-state index contributed by atoms with van der Waals surface area (Å²) in [6.45, 7) is 4.44. The van der Waals surface area contributed by atoms with Gasteiger partial charge in [-0.25, -0.2) is 4.79 Å². The molecule has 0 atom stereocenters. The van der Waals surface area contributed by atoms with Crippen molar-refractivity contribution in [2.75, 3.05) is 0 Å². The van der Waals surface area contributed by atoms with Crippen LogP contribution in [0.1, 0.15) is 22.3 Å². The fourth-order valence-corrected chi connectivity index (χ4v) is 3.36. The van der Waals surface area contributed by atoms with Crippen molar-refractivity contribution in [1.82, 2.24) is 10.6 Å². The van der Waals surface area contributed by atoms with Gasteiger partial charge in [0.25, 0.3) is 11.8 Å². The number of hydrogen-bond acceptors (Lipinski definition) is 4. The molecule has 1 heterocycles. The van der Waals surface area contributed by atoms with E-state index >= 15 is 0 Å². The Balaban J connectivity index is 1.75. The highest BCUT2D eigenvalue weighted by Crippen LogP contribution is 2.31. The lowest BCUT2D eigenvalue weighted by atomic mass is 10.00. The molecule has 30 heavy (non-hydrogen) atoms. The lowest BCUT2D eigenvalue weighted by Crippen LogP contribution is -2.51. The molecule has 1 aliphatic rings. The van der Waals surface area contributed by atoms with Crippen LogP contribution in [0.5, 0.6) is 5.75 Å². The zero-order valence-electron chi connectivity index (χ0n) is 16.6. The second-order valence-corrected chi connectivity index (χ2v) is 7.20. The molecule has 6 heteroatoms. The van der Waals surface area contributed by atoms with E-state index in [2.05, 4.69) is 23.6 Å². The van der Waals surface area contributed by atoms with Gasteiger partial charge in [-0.1, -0.05) is 48.5 Å². The molecular formula is C24H20N2O4. The van der Waals surface area contributed by atoms with Gasteiger partial charge in [-0.05, 0) is 53.5 Å². The molecule has 3 aromatic carbocycles. The fraction of sp³-hybridized carbons (Fsp3) is 0.125. The van der Waals surface area contributed by atoms with Gasteiger partial charge in [0.1, 0.15) is 17.9 Å². The average molecular weight is 400 g/mol. The number of imide groups is 2. The zero-order valence-corrected chi connectivity index (χ0v) is 16.6. The number of carbonyl (C=O) groups excluding carboxylic acids is 3. The summed E-state index contributed by atoms with van der Waals surface area (Å²) in [5.41, 5.74) is 3.85. The maximum Gasteiger partial charge on any atom is 0.328 e. The highest BCUT2D eigenvalue weighted by atomic mass is 16.5. The first-order valence-electron chi connectivity index (χ1n) is 9.51. The molecule has 6 nitrogen and oxygen atoms in total. The Morgan fingerprint density at radius 3 is 2.33 bits per heavy atom. The van der Waals surface area contributed by atoms with Gasteiger partial charge in [-0.2, -0.15) is 0 Å². The van der Waals surface area contributed by atoms with Gasteiger partial charge in [0, 0.05) is 5.56 Å². The monoisotopic (exact) mass is 400 g/mol. The zero-order chi connectivity index (χ0) is 21.3. The van der Waals surface area contributed by atoms with E-state index in [0.717, 1.165) is 16.3 Å². The molecule has 0 saturated carbocycles. The van der Waals surface area contributed by atoms with Gasteiger partial charge < -0.3 is 4.74 Å². The van der Waals surface area contributed by atoms with Gasteiger partial charge in [-0.15, -0.1) is 0 Å². The van der Waals surface area contributed by atoms with E-state index in [0.29, 0.717) is 17.9 Å². The molecule has 2 N–H and O–H groups in total. The number of aryl methyl sites for hydroxylation is 2. The van der Waals surface area contributed by atoms with Gasteiger partial charge in [0.15, 0.2) is 0 Å². The third kappa shape index (κ3) is 3.80. The first-order chi connectivity index (χ1) is 14.4. The number of rotatable bonds is 4. The molecule has 0 radical (unpaired) electrons. The minimum atomic E-state index is -0.828. The quantitative estimate of drug-likeness (QED) is 0.516. The molecule has 4 amide bonds. The molecule has 0 bridgehead atoms. The molecule has 0 unspecified atom stereocenters. The minimum absolute atomic E-state index is 0.151. The van der Waals surface area contributed by atoms with E-state index in [4.69, 9.17) is 4.74 Å². The van der Waals surface area contributed by atoms with Crippen molar-refractivity contribution < 1.29 is 19.1 Å². The summed E-state index contributed by atoms with van der Waals surface area (Å²) in [7, 11) is 0. The van der Waals surface area contributed by atoms with Crippen LogP contribution in [0.15, 0.2) is 60.2 Å². The van der Waals surface area contributed by atoms with Crippen LogP contribution in [0.3, 0.4) is 0 Å². The van der Waals surface area contributed by atoms with E-state index in [1.165, 1.54) is 17.2 Å². The number of ether oxygens (including phenoxy) is 1. The van der Waals surface area contributed by atoms with Gasteiger partial charge in [-0.3, -0.25) is 20.2 Å². The van der Waals surface area contributed by atoms with Crippen molar-refractivity contribution in [2.24, 2.45) is 0 Å². The van der Waals surface area contributed by atoms with Gasteiger partial charge >= 0.3 is 6.03 Å². The maximum atomic E-state index is 12.2. The number of barbiturate groups is 1. The predicted molar refractivity (Wildman–Crippen MR) is 114 cm³/mol. The van der Waals surface area contributed by atoms with Crippen molar-refractivity contribution in [1.29, 1.82) is 0 Å². The van der Waals surface area contributed by atoms with Crippen molar-refractivity contribution in [2.45, 2.75) is 20.5 Å². The summed E-state index contributed by atoms with van der Waals surface area (Å²) >= 11 is 0. The highest BCUT2D eigenvalue weighted by Gasteiger charge is 2.28. The number of amides is 4. The number of benzene rings is 3. The average Bonchev–Trinajstić information content (AvgIpc) is 2.72. The van der Waals surface area contributed by atoms with Crippen LogP contribution in [-0.2, 0) is 16.2 Å². The Hall–Kier alpha value is -3.93. The number of carbonyl (C=O) groups is 3. The lowest BCUT2D eigenvalue weighted by molar-refractivity contribution is -0.123. The first-order valence-corrected chi connectivity index (χ1v) is 9.51. The van der Waals surface area contributed by atoms with E-state index in [9.17, 15) is 14.4 Å². The van der Waals surface area contributed by atoms with Crippen LogP contribution in [0.4, 0.5) is 4.79 Å². The maximum absolute atomic E-state index is 12.2. The second-order valence-electron chi connectivity index (χ2n) is 7.20.